The van der Waals surface area contributed by atoms with Gasteiger partial charge in [0.25, 0.3) is 0 Å². The lowest BCUT2D eigenvalue weighted by molar-refractivity contribution is 0.0793. The molecular weight excluding hydrogens is 188 g/mol. The van der Waals surface area contributed by atoms with E-state index in [-0.39, 0.29) is 0 Å². The van der Waals surface area contributed by atoms with Crippen molar-refractivity contribution in [3.05, 3.63) is 23.2 Å². The number of ether oxygens (including phenoxy) is 1. The van der Waals surface area contributed by atoms with Gasteiger partial charge in [-0.05, 0) is 18.9 Å². The summed E-state index contributed by atoms with van der Waals surface area (Å²) in [5.41, 5.74) is 1.000. The molecule has 3 nitrogen and oxygen atoms in total. The predicted octanol–water partition coefficient (Wildman–Crippen LogP) is 2.02. The van der Waals surface area contributed by atoms with Gasteiger partial charge in [-0.25, -0.2) is 9.97 Å². The Morgan fingerprint density at radius 1 is 1.46 bits per heavy atom. The molecule has 70 valence electrons. The topological polar surface area (TPSA) is 35.0 Å². The minimum Gasteiger partial charge on any atom is -0.381 e. The highest BCUT2D eigenvalue weighted by Crippen LogP contribution is 2.24. The molecule has 0 bridgehead atoms. The Kier molecular flexibility index (Phi) is 2.76. The second-order valence-corrected chi connectivity index (χ2v) is 3.57. The van der Waals surface area contributed by atoms with Gasteiger partial charge in [-0.2, -0.15) is 0 Å². The molecule has 0 amide bonds. The molecule has 0 saturated carbocycles. The second-order valence-electron chi connectivity index (χ2n) is 3.18. The van der Waals surface area contributed by atoms with Gasteiger partial charge in [0, 0.05) is 12.5 Å². The molecule has 0 aliphatic carbocycles. The fraction of sp³-hybridized carbons (Fsp3) is 0.556. The molecule has 1 aromatic rings. The fourth-order valence-corrected chi connectivity index (χ4v) is 1.70. The summed E-state index contributed by atoms with van der Waals surface area (Å²) >= 11 is 5.77. The van der Waals surface area contributed by atoms with E-state index in [1.165, 1.54) is 6.33 Å². The molecule has 1 saturated heterocycles. The summed E-state index contributed by atoms with van der Waals surface area (Å²) in [5, 5.41) is 0.510. The molecule has 1 aliphatic heterocycles. The van der Waals surface area contributed by atoms with Gasteiger partial charge in [0.1, 0.15) is 11.5 Å². The van der Waals surface area contributed by atoms with Crippen LogP contribution >= 0.6 is 11.6 Å². The van der Waals surface area contributed by atoms with Crippen molar-refractivity contribution in [3.8, 4) is 0 Å². The van der Waals surface area contributed by atoms with E-state index in [9.17, 15) is 0 Å². The van der Waals surface area contributed by atoms with E-state index in [0.29, 0.717) is 11.1 Å². The molecule has 1 unspecified atom stereocenters. The van der Waals surface area contributed by atoms with Crippen LogP contribution in [-0.4, -0.2) is 23.2 Å². The Morgan fingerprint density at radius 3 is 3.08 bits per heavy atom. The maximum atomic E-state index is 5.77. The van der Waals surface area contributed by atoms with Gasteiger partial charge in [0.15, 0.2) is 0 Å². The molecule has 2 rings (SSSR count). The van der Waals surface area contributed by atoms with Crippen LogP contribution in [0.15, 0.2) is 12.4 Å². The minimum atomic E-state index is 0.397. The lowest BCUT2D eigenvalue weighted by Gasteiger charge is -2.21. The molecule has 0 spiro atoms. The predicted molar refractivity (Wildman–Crippen MR) is 49.8 cm³/mol. The summed E-state index contributed by atoms with van der Waals surface area (Å²) in [6.07, 6.45) is 3.74. The van der Waals surface area contributed by atoms with Crippen LogP contribution in [0.1, 0.15) is 24.5 Å². The Balaban J connectivity index is 2.14. The highest BCUT2D eigenvalue weighted by Gasteiger charge is 2.17. The summed E-state index contributed by atoms with van der Waals surface area (Å²) in [6, 6.07) is 1.82. The number of aromatic nitrogens is 2. The highest BCUT2D eigenvalue weighted by atomic mass is 35.5. The smallest absolute Gasteiger partial charge is 0.132 e. The molecule has 13 heavy (non-hydrogen) atoms. The van der Waals surface area contributed by atoms with E-state index in [1.807, 2.05) is 6.07 Å². The van der Waals surface area contributed by atoms with E-state index >= 15 is 0 Å². The maximum Gasteiger partial charge on any atom is 0.132 e. The van der Waals surface area contributed by atoms with Crippen molar-refractivity contribution in [3.63, 3.8) is 0 Å². The first kappa shape index (κ1) is 8.91. The first-order chi connectivity index (χ1) is 6.36. The third kappa shape index (κ3) is 2.17. The van der Waals surface area contributed by atoms with Crippen LogP contribution in [0.25, 0.3) is 0 Å². The molecule has 1 fully saturated rings. The van der Waals surface area contributed by atoms with Gasteiger partial charge in [-0.1, -0.05) is 11.6 Å². The molecule has 1 atom stereocenters. The standard InChI is InChI=1S/C9H11ClN2O/c10-9-4-8(11-6-12-9)7-2-1-3-13-5-7/h4,6-7H,1-3,5H2. The SMILES string of the molecule is Clc1cc(C2CCCOC2)ncn1. The van der Waals surface area contributed by atoms with Crippen LogP contribution in [0.3, 0.4) is 0 Å². The van der Waals surface area contributed by atoms with Gasteiger partial charge < -0.3 is 4.74 Å². The van der Waals surface area contributed by atoms with Crippen molar-refractivity contribution in [1.29, 1.82) is 0 Å². The van der Waals surface area contributed by atoms with E-state index < -0.39 is 0 Å². The third-order valence-corrected chi connectivity index (χ3v) is 2.44. The Morgan fingerprint density at radius 2 is 2.38 bits per heavy atom. The van der Waals surface area contributed by atoms with Crippen molar-refractivity contribution in [1.82, 2.24) is 9.97 Å². The third-order valence-electron chi connectivity index (χ3n) is 2.23. The zero-order valence-corrected chi connectivity index (χ0v) is 8.00. The highest BCUT2D eigenvalue weighted by molar-refractivity contribution is 6.29. The van der Waals surface area contributed by atoms with Crippen LogP contribution in [0.2, 0.25) is 5.15 Å². The van der Waals surface area contributed by atoms with Gasteiger partial charge in [-0.15, -0.1) is 0 Å². The number of halogens is 1. The first-order valence-electron chi connectivity index (χ1n) is 4.41. The maximum absolute atomic E-state index is 5.77. The Labute approximate surface area is 82.1 Å². The van der Waals surface area contributed by atoms with E-state index in [2.05, 4.69) is 9.97 Å². The number of hydrogen-bond acceptors (Lipinski definition) is 3. The zero-order valence-electron chi connectivity index (χ0n) is 7.24. The first-order valence-corrected chi connectivity index (χ1v) is 4.79. The van der Waals surface area contributed by atoms with Crippen LogP contribution < -0.4 is 0 Å². The quantitative estimate of drug-likeness (QED) is 0.648. The van der Waals surface area contributed by atoms with Crippen molar-refractivity contribution in [2.45, 2.75) is 18.8 Å². The van der Waals surface area contributed by atoms with Crippen molar-refractivity contribution in [2.24, 2.45) is 0 Å². The minimum absolute atomic E-state index is 0.397. The van der Waals surface area contributed by atoms with Gasteiger partial charge in [0.05, 0.1) is 12.3 Å². The van der Waals surface area contributed by atoms with Gasteiger partial charge >= 0.3 is 0 Å². The molecule has 0 N–H and O–H groups in total. The van der Waals surface area contributed by atoms with Crippen LogP contribution in [0.5, 0.6) is 0 Å². The fourth-order valence-electron chi connectivity index (χ4n) is 1.54. The Bertz CT molecular complexity index is 287. The van der Waals surface area contributed by atoms with Crippen LogP contribution in [-0.2, 0) is 4.74 Å². The largest absolute Gasteiger partial charge is 0.381 e. The van der Waals surface area contributed by atoms with Crippen molar-refractivity contribution < 1.29 is 4.74 Å². The van der Waals surface area contributed by atoms with Crippen LogP contribution in [0, 0.1) is 0 Å². The van der Waals surface area contributed by atoms with Crippen LogP contribution in [0.4, 0.5) is 0 Å². The van der Waals surface area contributed by atoms with Crippen molar-refractivity contribution in [2.75, 3.05) is 13.2 Å². The summed E-state index contributed by atoms with van der Waals surface area (Å²) < 4.78 is 5.37. The average molecular weight is 199 g/mol. The van der Waals surface area contributed by atoms with Crippen molar-refractivity contribution >= 4 is 11.6 Å². The summed E-state index contributed by atoms with van der Waals surface area (Å²) in [7, 11) is 0. The van der Waals surface area contributed by atoms with E-state index in [0.717, 1.165) is 31.7 Å². The number of rotatable bonds is 1. The molecule has 0 aromatic carbocycles. The summed E-state index contributed by atoms with van der Waals surface area (Å²) in [5.74, 6) is 0.397. The molecular formula is C9H11ClN2O. The lowest BCUT2D eigenvalue weighted by atomic mass is 9.98. The second kappa shape index (κ2) is 4.03. The molecule has 1 aliphatic rings. The molecule has 2 heterocycles. The monoisotopic (exact) mass is 198 g/mol. The molecule has 1 aromatic heterocycles. The molecule has 0 radical (unpaired) electrons. The Hall–Kier alpha value is -0.670. The van der Waals surface area contributed by atoms with Gasteiger partial charge in [-0.3, -0.25) is 0 Å². The van der Waals surface area contributed by atoms with E-state index in [4.69, 9.17) is 16.3 Å². The molecule has 4 heteroatoms. The lowest BCUT2D eigenvalue weighted by Crippen LogP contribution is -2.16. The normalized spacial score (nSPS) is 23.0. The number of nitrogens with zero attached hydrogens (tertiary/aromatic N) is 2. The van der Waals surface area contributed by atoms with E-state index in [1.54, 1.807) is 0 Å². The summed E-state index contributed by atoms with van der Waals surface area (Å²) in [6.45, 7) is 1.63. The average Bonchev–Trinajstić information content (AvgIpc) is 2.19. The summed E-state index contributed by atoms with van der Waals surface area (Å²) in [4.78, 5) is 8.04. The van der Waals surface area contributed by atoms with Gasteiger partial charge in [0.2, 0.25) is 0 Å². The zero-order chi connectivity index (χ0) is 9.10. The number of hydrogen-bond donors (Lipinski definition) is 0.